The van der Waals surface area contributed by atoms with Crippen molar-refractivity contribution < 1.29 is 9.21 Å². The first-order chi connectivity index (χ1) is 11.5. The molecule has 8 heteroatoms. The van der Waals surface area contributed by atoms with Crippen molar-refractivity contribution in [2.24, 2.45) is 5.92 Å². The van der Waals surface area contributed by atoms with Gasteiger partial charge in [-0.1, -0.05) is 38.5 Å². The van der Waals surface area contributed by atoms with E-state index in [1.54, 1.807) is 18.4 Å². The molecule has 2 aromatic heterocycles. The SMILES string of the molecule is CC(C)CCC[C@H](C)NC(=O)CSc1nnc(-c2ccco2)n1N. The van der Waals surface area contributed by atoms with Gasteiger partial charge >= 0.3 is 0 Å². The van der Waals surface area contributed by atoms with Crippen molar-refractivity contribution in [3.8, 4) is 11.6 Å². The molecule has 2 heterocycles. The molecule has 0 aliphatic carbocycles. The Morgan fingerprint density at radius 3 is 2.83 bits per heavy atom. The van der Waals surface area contributed by atoms with Crippen LogP contribution in [0.4, 0.5) is 0 Å². The number of nitrogen functional groups attached to an aromatic ring is 1. The van der Waals surface area contributed by atoms with Crippen LogP contribution in [-0.2, 0) is 4.79 Å². The van der Waals surface area contributed by atoms with E-state index in [-0.39, 0.29) is 17.7 Å². The summed E-state index contributed by atoms with van der Waals surface area (Å²) in [6.07, 6.45) is 4.84. The predicted octanol–water partition coefficient (Wildman–Crippen LogP) is 2.67. The largest absolute Gasteiger partial charge is 0.461 e. The molecule has 0 spiro atoms. The second kappa shape index (κ2) is 8.77. The first-order valence-corrected chi connectivity index (χ1v) is 9.12. The van der Waals surface area contributed by atoms with E-state index in [2.05, 4.69) is 29.4 Å². The molecule has 0 unspecified atom stereocenters. The Labute approximate surface area is 146 Å². The molecular formula is C16H25N5O2S. The van der Waals surface area contributed by atoms with Crippen molar-refractivity contribution in [3.05, 3.63) is 18.4 Å². The van der Waals surface area contributed by atoms with Crippen LogP contribution < -0.4 is 11.2 Å². The highest BCUT2D eigenvalue weighted by Crippen LogP contribution is 2.21. The van der Waals surface area contributed by atoms with Gasteiger partial charge in [0.25, 0.3) is 0 Å². The van der Waals surface area contributed by atoms with Gasteiger partial charge in [0.15, 0.2) is 5.76 Å². The number of aromatic nitrogens is 3. The molecule has 0 fully saturated rings. The Kier molecular flexibility index (Phi) is 6.72. The molecule has 0 aliphatic rings. The lowest BCUT2D eigenvalue weighted by molar-refractivity contribution is -0.119. The Morgan fingerprint density at radius 1 is 1.38 bits per heavy atom. The van der Waals surface area contributed by atoms with Crippen LogP contribution >= 0.6 is 11.8 Å². The third-order valence-corrected chi connectivity index (χ3v) is 4.51. The molecule has 2 aromatic rings. The molecule has 0 bridgehead atoms. The third kappa shape index (κ3) is 5.30. The number of nitrogens with one attached hydrogen (secondary N) is 1. The van der Waals surface area contributed by atoms with Gasteiger partial charge in [-0.2, -0.15) is 0 Å². The van der Waals surface area contributed by atoms with Crippen molar-refractivity contribution in [2.75, 3.05) is 11.6 Å². The van der Waals surface area contributed by atoms with E-state index in [0.717, 1.165) is 12.8 Å². The summed E-state index contributed by atoms with van der Waals surface area (Å²) in [5.74, 6) is 7.85. The maximum atomic E-state index is 12.0. The fourth-order valence-corrected chi connectivity index (χ4v) is 2.97. The van der Waals surface area contributed by atoms with Crippen molar-refractivity contribution in [1.82, 2.24) is 20.2 Å². The zero-order valence-electron chi connectivity index (χ0n) is 14.4. The van der Waals surface area contributed by atoms with Crippen molar-refractivity contribution in [3.63, 3.8) is 0 Å². The van der Waals surface area contributed by atoms with E-state index in [1.807, 2.05) is 6.92 Å². The number of carbonyl (C=O) groups excluding carboxylic acids is 1. The van der Waals surface area contributed by atoms with Crippen molar-refractivity contribution in [2.45, 2.75) is 51.2 Å². The standard InChI is InChI=1S/C16H25N5O2S/c1-11(2)6-4-7-12(3)18-14(22)10-24-16-20-19-15(21(16)17)13-8-5-9-23-13/h5,8-9,11-12H,4,6-7,10,17H2,1-3H3,(H,18,22)/t12-/m0/s1. The summed E-state index contributed by atoms with van der Waals surface area (Å²) in [5.41, 5.74) is 0. The first kappa shape index (κ1) is 18.4. The normalized spacial score (nSPS) is 12.5. The summed E-state index contributed by atoms with van der Waals surface area (Å²) in [5, 5.41) is 11.5. The highest BCUT2D eigenvalue weighted by atomic mass is 32.2. The summed E-state index contributed by atoms with van der Waals surface area (Å²) in [4.78, 5) is 12.0. The van der Waals surface area contributed by atoms with Gasteiger partial charge in [0.05, 0.1) is 12.0 Å². The number of carbonyl (C=O) groups is 1. The molecular weight excluding hydrogens is 326 g/mol. The van der Waals surface area contributed by atoms with E-state index in [0.29, 0.717) is 22.7 Å². The highest BCUT2D eigenvalue weighted by molar-refractivity contribution is 7.99. The molecule has 0 aromatic carbocycles. The minimum absolute atomic E-state index is 0.0282. The average molecular weight is 351 g/mol. The van der Waals surface area contributed by atoms with E-state index in [1.165, 1.54) is 22.9 Å². The Morgan fingerprint density at radius 2 is 2.17 bits per heavy atom. The lowest BCUT2D eigenvalue weighted by atomic mass is 10.0. The van der Waals surface area contributed by atoms with E-state index in [9.17, 15) is 4.79 Å². The number of hydrogen-bond donors (Lipinski definition) is 2. The van der Waals surface area contributed by atoms with Gasteiger partial charge in [0, 0.05) is 6.04 Å². The fraction of sp³-hybridized carbons (Fsp3) is 0.562. The number of nitrogens with zero attached hydrogens (tertiary/aromatic N) is 3. The maximum Gasteiger partial charge on any atom is 0.230 e. The average Bonchev–Trinajstić information content (AvgIpc) is 3.14. The van der Waals surface area contributed by atoms with Crippen LogP contribution in [0.2, 0.25) is 0 Å². The predicted molar refractivity (Wildman–Crippen MR) is 94.9 cm³/mol. The minimum Gasteiger partial charge on any atom is -0.461 e. The summed E-state index contributed by atoms with van der Waals surface area (Å²) >= 11 is 1.25. The van der Waals surface area contributed by atoms with Gasteiger partial charge in [-0.05, 0) is 31.4 Å². The number of thioether (sulfide) groups is 1. The zero-order chi connectivity index (χ0) is 17.5. The smallest absolute Gasteiger partial charge is 0.230 e. The number of furan rings is 1. The van der Waals surface area contributed by atoms with Gasteiger partial charge in [-0.15, -0.1) is 10.2 Å². The van der Waals surface area contributed by atoms with Crippen LogP contribution in [0.5, 0.6) is 0 Å². The van der Waals surface area contributed by atoms with Gasteiger partial charge < -0.3 is 15.6 Å². The monoisotopic (exact) mass is 351 g/mol. The van der Waals surface area contributed by atoms with Crippen LogP contribution in [0.25, 0.3) is 11.6 Å². The van der Waals surface area contributed by atoms with Crippen LogP contribution in [0, 0.1) is 5.92 Å². The third-order valence-electron chi connectivity index (χ3n) is 3.56. The molecule has 0 radical (unpaired) electrons. The quantitative estimate of drug-likeness (QED) is 0.532. The van der Waals surface area contributed by atoms with Crippen molar-refractivity contribution >= 4 is 17.7 Å². The molecule has 24 heavy (non-hydrogen) atoms. The Balaban J connectivity index is 1.78. The minimum atomic E-state index is -0.0282. The van der Waals surface area contributed by atoms with Crippen LogP contribution in [0.1, 0.15) is 40.0 Å². The zero-order valence-corrected chi connectivity index (χ0v) is 15.2. The molecule has 0 saturated carbocycles. The molecule has 1 amide bonds. The summed E-state index contributed by atoms with van der Waals surface area (Å²) in [6, 6.07) is 3.68. The van der Waals surface area contributed by atoms with Gasteiger partial charge in [-0.25, -0.2) is 4.68 Å². The topological polar surface area (TPSA) is 99.0 Å². The van der Waals surface area contributed by atoms with E-state index < -0.39 is 0 Å². The molecule has 3 N–H and O–H groups in total. The number of hydrogen-bond acceptors (Lipinski definition) is 6. The molecule has 1 atom stereocenters. The lowest BCUT2D eigenvalue weighted by Gasteiger charge is -2.14. The van der Waals surface area contributed by atoms with Crippen molar-refractivity contribution in [1.29, 1.82) is 0 Å². The fourth-order valence-electron chi connectivity index (χ4n) is 2.30. The van der Waals surface area contributed by atoms with Crippen LogP contribution in [0.15, 0.2) is 28.0 Å². The van der Waals surface area contributed by atoms with Gasteiger partial charge in [0.2, 0.25) is 16.9 Å². The van der Waals surface area contributed by atoms with E-state index >= 15 is 0 Å². The number of rotatable bonds is 9. The summed E-state index contributed by atoms with van der Waals surface area (Å²) < 4.78 is 6.59. The Bertz CT molecular complexity index is 639. The molecule has 0 aliphatic heterocycles. The summed E-state index contributed by atoms with van der Waals surface area (Å²) in [6.45, 7) is 6.45. The number of amides is 1. The Hall–Kier alpha value is -1.96. The highest BCUT2D eigenvalue weighted by Gasteiger charge is 2.16. The molecule has 7 nitrogen and oxygen atoms in total. The molecule has 0 saturated heterocycles. The second-order valence-corrected chi connectivity index (χ2v) is 7.18. The molecule has 2 rings (SSSR count). The summed E-state index contributed by atoms with van der Waals surface area (Å²) in [7, 11) is 0. The van der Waals surface area contributed by atoms with Gasteiger partial charge in [0.1, 0.15) is 0 Å². The number of nitrogens with two attached hydrogens (primary N) is 1. The second-order valence-electron chi connectivity index (χ2n) is 6.24. The first-order valence-electron chi connectivity index (χ1n) is 8.14. The van der Waals surface area contributed by atoms with Gasteiger partial charge in [-0.3, -0.25) is 4.79 Å². The molecule has 132 valence electrons. The van der Waals surface area contributed by atoms with Crippen LogP contribution in [-0.4, -0.2) is 32.6 Å². The van der Waals surface area contributed by atoms with Crippen LogP contribution in [0.3, 0.4) is 0 Å². The van der Waals surface area contributed by atoms with E-state index in [4.69, 9.17) is 10.3 Å². The maximum absolute atomic E-state index is 12.0. The lowest BCUT2D eigenvalue weighted by Crippen LogP contribution is -2.34.